The largest absolute Gasteiger partial charge is 0.497 e. The second-order valence-corrected chi connectivity index (χ2v) is 4.31. The number of methoxy groups -OCH3 is 1. The van der Waals surface area contributed by atoms with Gasteiger partial charge in [-0.15, -0.1) is 11.8 Å². The summed E-state index contributed by atoms with van der Waals surface area (Å²) < 4.78 is 5.17. The first kappa shape index (κ1) is 8.91. The normalized spacial score (nSPS) is 20.9. The number of benzene rings is 1. The zero-order chi connectivity index (χ0) is 9.26. The fourth-order valence-electron chi connectivity index (χ4n) is 1.52. The highest BCUT2D eigenvalue weighted by molar-refractivity contribution is 7.99. The van der Waals surface area contributed by atoms with Crippen LogP contribution in [0.5, 0.6) is 5.75 Å². The molecule has 70 valence electrons. The van der Waals surface area contributed by atoms with E-state index in [2.05, 4.69) is 12.1 Å². The summed E-state index contributed by atoms with van der Waals surface area (Å²) in [5.74, 6) is 1.95. The van der Waals surface area contributed by atoms with Crippen molar-refractivity contribution < 1.29 is 4.74 Å². The molecule has 0 saturated heterocycles. The van der Waals surface area contributed by atoms with E-state index in [1.165, 1.54) is 10.5 Å². The molecule has 0 spiro atoms. The minimum Gasteiger partial charge on any atom is -0.497 e. The molecular weight excluding hydrogens is 182 g/mol. The number of ether oxygens (including phenoxy) is 1. The van der Waals surface area contributed by atoms with Gasteiger partial charge in [0.05, 0.1) is 7.11 Å². The first-order valence-corrected chi connectivity index (χ1v) is 5.33. The van der Waals surface area contributed by atoms with Crippen LogP contribution < -0.4 is 10.5 Å². The van der Waals surface area contributed by atoms with Crippen molar-refractivity contribution in [3.8, 4) is 5.75 Å². The topological polar surface area (TPSA) is 35.2 Å². The molecule has 1 aromatic carbocycles. The molecule has 13 heavy (non-hydrogen) atoms. The summed E-state index contributed by atoms with van der Waals surface area (Å²) in [5, 5.41) is 0. The predicted molar refractivity (Wildman–Crippen MR) is 55.4 cm³/mol. The fourth-order valence-corrected chi connectivity index (χ4v) is 2.52. The Kier molecular flexibility index (Phi) is 2.47. The second kappa shape index (κ2) is 3.60. The van der Waals surface area contributed by atoms with Crippen molar-refractivity contribution >= 4 is 11.8 Å². The van der Waals surface area contributed by atoms with Gasteiger partial charge in [0.15, 0.2) is 0 Å². The average molecular weight is 195 g/mol. The highest BCUT2D eigenvalue weighted by Gasteiger charge is 2.15. The summed E-state index contributed by atoms with van der Waals surface area (Å²) in [4.78, 5) is 1.35. The summed E-state index contributed by atoms with van der Waals surface area (Å²) in [5.41, 5.74) is 7.20. The molecule has 0 unspecified atom stereocenters. The maximum absolute atomic E-state index is 5.88. The molecule has 2 rings (SSSR count). The van der Waals surface area contributed by atoms with Crippen LogP contribution in [0.4, 0.5) is 0 Å². The van der Waals surface area contributed by atoms with Crippen LogP contribution in [0.3, 0.4) is 0 Å². The summed E-state index contributed by atoms with van der Waals surface area (Å²) in [6.07, 6.45) is 0.972. The Hall–Kier alpha value is -0.670. The van der Waals surface area contributed by atoms with Crippen LogP contribution in [-0.2, 0) is 6.42 Å². The van der Waals surface area contributed by atoms with Gasteiger partial charge in [-0.2, -0.15) is 0 Å². The first-order valence-electron chi connectivity index (χ1n) is 4.35. The Morgan fingerprint density at radius 2 is 2.38 bits per heavy atom. The maximum Gasteiger partial charge on any atom is 0.119 e. The minimum atomic E-state index is 0.296. The fraction of sp³-hybridized carbons (Fsp3) is 0.400. The highest BCUT2D eigenvalue weighted by Crippen LogP contribution is 2.31. The predicted octanol–water partition coefficient (Wildman–Crippen LogP) is 1.67. The zero-order valence-electron chi connectivity index (χ0n) is 7.62. The third kappa shape index (κ3) is 1.81. The Morgan fingerprint density at radius 3 is 3.15 bits per heavy atom. The maximum atomic E-state index is 5.88. The summed E-state index contributed by atoms with van der Waals surface area (Å²) in [6, 6.07) is 6.50. The lowest BCUT2D eigenvalue weighted by Crippen LogP contribution is -2.28. The van der Waals surface area contributed by atoms with Gasteiger partial charge >= 0.3 is 0 Å². The number of hydrogen-bond acceptors (Lipinski definition) is 3. The van der Waals surface area contributed by atoms with E-state index < -0.39 is 0 Å². The molecule has 1 heterocycles. The number of thioether (sulfide) groups is 1. The number of hydrogen-bond donors (Lipinski definition) is 1. The standard InChI is InChI=1S/C10H13NOS/c1-12-9-2-3-10-7(5-9)4-8(11)6-13-10/h2-3,5,8H,4,6,11H2,1H3/t8-/m0/s1. The van der Waals surface area contributed by atoms with E-state index in [1.54, 1.807) is 7.11 Å². The van der Waals surface area contributed by atoms with Gasteiger partial charge in [-0.05, 0) is 30.2 Å². The SMILES string of the molecule is COc1ccc2c(c1)C[C@H](N)CS2. The lowest BCUT2D eigenvalue weighted by Gasteiger charge is -2.21. The molecule has 0 aromatic heterocycles. The van der Waals surface area contributed by atoms with Crippen molar-refractivity contribution in [1.29, 1.82) is 0 Å². The molecule has 1 aliphatic rings. The van der Waals surface area contributed by atoms with E-state index in [0.29, 0.717) is 6.04 Å². The van der Waals surface area contributed by atoms with Gasteiger partial charge in [0.1, 0.15) is 5.75 Å². The van der Waals surface area contributed by atoms with Crippen molar-refractivity contribution in [3.05, 3.63) is 23.8 Å². The third-order valence-electron chi connectivity index (χ3n) is 2.20. The van der Waals surface area contributed by atoms with Crippen molar-refractivity contribution in [1.82, 2.24) is 0 Å². The van der Waals surface area contributed by atoms with Gasteiger partial charge in [0, 0.05) is 16.7 Å². The Labute approximate surface area is 82.5 Å². The van der Waals surface area contributed by atoms with Crippen LogP contribution in [0, 0.1) is 0 Å². The molecule has 1 atom stereocenters. The summed E-state index contributed by atoms with van der Waals surface area (Å²) in [6.45, 7) is 0. The molecule has 0 aliphatic carbocycles. The van der Waals surface area contributed by atoms with Gasteiger partial charge in [0.25, 0.3) is 0 Å². The molecule has 0 radical (unpaired) electrons. The molecule has 1 aromatic rings. The van der Waals surface area contributed by atoms with Gasteiger partial charge in [-0.3, -0.25) is 0 Å². The minimum absolute atomic E-state index is 0.296. The van der Waals surface area contributed by atoms with Crippen LogP contribution in [0.1, 0.15) is 5.56 Å². The molecule has 3 heteroatoms. The zero-order valence-corrected chi connectivity index (χ0v) is 8.43. The lowest BCUT2D eigenvalue weighted by atomic mass is 10.1. The lowest BCUT2D eigenvalue weighted by molar-refractivity contribution is 0.413. The van der Waals surface area contributed by atoms with Gasteiger partial charge in [-0.25, -0.2) is 0 Å². The second-order valence-electron chi connectivity index (χ2n) is 3.25. The van der Waals surface area contributed by atoms with Crippen LogP contribution >= 0.6 is 11.8 Å². The Bertz CT molecular complexity index is 314. The third-order valence-corrected chi connectivity index (χ3v) is 3.51. The molecular formula is C10H13NOS. The van der Waals surface area contributed by atoms with Crippen molar-refractivity contribution in [2.75, 3.05) is 12.9 Å². The smallest absolute Gasteiger partial charge is 0.119 e. The van der Waals surface area contributed by atoms with Crippen LogP contribution in [0.25, 0.3) is 0 Å². The number of fused-ring (bicyclic) bond motifs is 1. The van der Waals surface area contributed by atoms with Crippen molar-refractivity contribution in [3.63, 3.8) is 0 Å². The van der Waals surface area contributed by atoms with E-state index in [1.807, 2.05) is 17.8 Å². The Morgan fingerprint density at radius 1 is 1.54 bits per heavy atom. The average Bonchev–Trinajstić information content (AvgIpc) is 2.16. The molecule has 1 aliphatic heterocycles. The van der Waals surface area contributed by atoms with Gasteiger partial charge < -0.3 is 10.5 Å². The highest BCUT2D eigenvalue weighted by atomic mass is 32.2. The van der Waals surface area contributed by atoms with E-state index >= 15 is 0 Å². The van der Waals surface area contributed by atoms with E-state index in [-0.39, 0.29) is 0 Å². The quantitative estimate of drug-likeness (QED) is 0.740. The number of nitrogens with two attached hydrogens (primary N) is 1. The monoisotopic (exact) mass is 195 g/mol. The molecule has 0 fully saturated rings. The summed E-state index contributed by atoms with van der Waals surface area (Å²) in [7, 11) is 1.69. The molecule has 2 N–H and O–H groups in total. The molecule has 0 amide bonds. The van der Waals surface area contributed by atoms with Crippen molar-refractivity contribution in [2.24, 2.45) is 5.73 Å². The van der Waals surface area contributed by atoms with Crippen molar-refractivity contribution in [2.45, 2.75) is 17.4 Å². The Balaban J connectivity index is 2.32. The van der Waals surface area contributed by atoms with Crippen LogP contribution in [-0.4, -0.2) is 18.9 Å². The molecule has 0 saturated carbocycles. The van der Waals surface area contributed by atoms with Crippen LogP contribution in [0.15, 0.2) is 23.1 Å². The number of rotatable bonds is 1. The van der Waals surface area contributed by atoms with Gasteiger partial charge in [0.2, 0.25) is 0 Å². The van der Waals surface area contributed by atoms with E-state index in [9.17, 15) is 0 Å². The first-order chi connectivity index (χ1) is 6.29. The summed E-state index contributed by atoms with van der Waals surface area (Å²) >= 11 is 1.84. The van der Waals surface area contributed by atoms with E-state index in [0.717, 1.165) is 17.9 Å². The van der Waals surface area contributed by atoms with Gasteiger partial charge in [-0.1, -0.05) is 0 Å². The molecule has 2 nitrogen and oxygen atoms in total. The molecule has 0 bridgehead atoms. The van der Waals surface area contributed by atoms with E-state index in [4.69, 9.17) is 10.5 Å². The van der Waals surface area contributed by atoms with Crippen LogP contribution in [0.2, 0.25) is 0 Å².